The van der Waals surface area contributed by atoms with Crippen molar-refractivity contribution < 1.29 is 9.53 Å². The van der Waals surface area contributed by atoms with E-state index < -0.39 is 0 Å². The molecule has 0 bridgehead atoms. The van der Waals surface area contributed by atoms with E-state index in [0.717, 1.165) is 11.4 Å². The number of benzene rings is 1. The fourth-order valence-electron chi connectivity index (χ4n) is 1.75. The zero-order valence-electron chi connectivity index (χ0n) is 10.5. The van der Waals surface area contributed by atoms with E-state index in [1.807, 2.05) is 30.3 Å². The Morgan fingerprint density at radius 2 is 2.11 bits per heavy atom. The number of nitrogens with zero attached hydrogens (tertiary/aromatic N) is 3. The molecule has 0 unspecified atom stereocenters. The van der Waals surface area contributed by atoms with Gasteiger partial charge in [0.2, 0.25) is 0 Å². The highest BCUT2D eigenvalue weighted by atomic mass is 16.5. The number of rotatable bonds is 7. The van der Waals surface area contributed by atoms with Gasteiger partial charge in [0, 0.05) is 6.42 Å². The van der Waals surface area contributed by atoms with Crippen LogP contribution < -0.4 is 4.74 Å². The number of carbonyl (C=O) groups excluding carboxylic acids is 1. The van der Waals surface area contributed by atoms with Gasteiger partial charge in [-0.1, -0.05) is 29.5 Å². The molecule has 2 rings (SSSR count). The molecular weight excluding hydrogens is 242 g/mol. The van der Waals surface area contributed by atoms with Crippen LogP contribution in [0.4, 0.5) is 0 Å². The molecule has 98 valence electrons. The normalized spacial score (nSPS) is 10.1. The fourth-order valence-corrected chi connectivity index (χ4v) is 1.75. The van der Waals surface area contributed by atoms with Crippen molar-refractivity contribution in [1.29, 1.82) is 0 Å². The topological polar surface area (TPSA) is 57.0 Å². The Morgan fingerprint density at radius 1 is 1.32 bits per heavy atom. The van der Waals surface area contributed by atoms with Crippen molar-refractivity contribution in [2.75, 3.05) is 6.61 Å². The van der Waals surface area contributed by atoms with Gasteiger partial charge in [0.25, 0.3) is 0 Å². The second kappa shape index (κ2) is 6.49. The van der Waals surface area contributed by atoms with Gasteiger partial charge in [-0.15, -0.1) is 11.7 Å². The number of para-hydroxylation sites is 1. The lowest BCUT2D eigenvalue weighted by atomic mass is 10.2. The Morgan fingerprint density at radius 3 is 2.79 bits per heavy atom. The lowest BCUT2D eigenvalue weighted by molar-refractivity contribution is 0.111. The van der Waals surface area contributed by atoms with Crippen LogP contribution in [0.25, 0.3) is 0 Å². The van der Waals surface area contributed by atoms with E-state index in [1.165, 1.54) is 0 Å². The van der Waals surface area contributed by atoms with Crippen molar-refractivity contribution in [3.05, 3.63) is 54.4 Å². The molecule has 0 aliphatic heterocycles. The maximum absolute atomic E-state index is 10.9. The number of aromatic nitrogens is 3. The summed E-state index contributed by atoms with van der Waals surface area (Å²) in [5.41, 5.74) is 1.13. The first-order chi connectivity index (χ1) is 9.35. The van der Waals surface area contributed by atoms with Gasteiger partial charge in [-0.05, 0) is 12.1 Å². The summed E-state index contributed by atoms with van der Waals surface area (Å²) >= 11 is 0. The third-order valence-corrected chi connectivity index (χ3v) is 2.63. The van der Waals surface area contributed by atoms with Gasteiger partial charge in [-0.3, -0.25) is 4.79 Å². The van der Waals surface area contributed by atoms with Crippen LogP contribution in [0.15, 0.2) is 43.0 Å². The van der Waals surface area contributed by atoms with Crippen LogP contribution in [-0.4, -0.2) is 27.9 Å². The lowest BCUT2D eigenvalue weighted by Crippen LogP contribution is -2.10. The van der Waals surface area contributed by atoms with Crippen molar-refractivity contribution in [3.63, 3.8) is 0 Å². The van der Waals surface area contributed by atoms with E-state index in [1.54, 1.807) is 10.8 Å². The van der Waals surface area contributed by atoms with Gasteiger partial charge in [-0.2, -0.15) is 0 Å². The van der Waals surface area contributed by atoms with Crippen LogP contribution in [-0.2, 0) is 13.0 Å². The minimum atomic E-state index is 0.360. The molecule has 0 spiro atoms. The summed E-state index contributed by atoms with van der Waals surface area (Å²) < 4.78 is 7.26. The molecule has 0 fully saturated rings. The van der Waals surface area contributed by atoms with E-state index in [0.29, 0.717) is 31.6 Å². The Hall–Kier alpha value is -2.43. The van der Waals surface area contributed by atoms with Crippen molar-refractivity contribution in [2.45, 2.75) is 13.0 Å². The predicted molar refractivity (Wildman–Crippen MR) is 71.2 cm³/mol. The SMILES string of the molecule is C=CCn1nnc(C=O)c1CCOc1ccccc1. The highest BCUT2D eigenvalue weighted by Crippen LogP contribution is 2.10. The average Bonchev–Trinajstić information content (AvgIpc) is 2.83. The van der Waals surface area contributed by atoms with Crippen molar-refractivity contribution >= 4 is 6.29 Å². The summed E-state index contributed by atoms with van der Waals surface area (Å²) in [6.07, 6.45) is 3.00. The van der Waals surface area contributed by atoms with Gasteiger partial charge >= 0.3 is 0 Å². The highest BCUT2D eigenvalue weighted by Gasteiger charge is 2.11. The molecule has 0 aliphatic rings. The van der Waals surface area contributed by atoms with Crippen molar-refractivity contribution in [3.8, 4) is 5.75 Å². The van der Waals surface area contributed by atoms with Crippen LogP contribution in [0, 0.1) is 0 Å². The molecule has 0 N–H and O–H groups in total. The van der Waals surface area contributed by atoms with E-state index in [2.05, 4.69) is 16.9 Å². The Balaban J connectivity index is 2.00. The van der Waals surface area contributed by atoms with Gasteiger partial charge < -0.3 is 4.74 Å². The number of carbonyl (C=O) groups is 1. The molecule has 2 aromatic rings. The van der Waals surface area contributed by atoms with Crippen molar-refractivity contribution in [2.24, 2.45) is 0 Å². The molecule has 1 aromatic carbocycles. The quantitative estimate of drug-likeness (QED) is 0.561. The first-order valence-electron chi connectivity index (χ1n) is 6.01. The molecule has 0 saturated heterocycles. The second-order valence-corrected chi connectivity index (χ2v) is 3.92. The molecule has 0 aliphatic carbocycles. The molecule has 0 radical (unpaired) electrons. The molecule has 0 saturated carbocycles. The zero-order valence-corrected chi connectivity index (χ0v) is 10.5. The number of allylic oxidation sites excluding steroid dienone is 1. The minimum Gasteiger partial charge on any atom is -0.493 e. The maximum Gasteiger partial charge on any atom is 0.172 e. The summed E-state index contributed by atoms with van der Waals surface area (Å²) in [4.78, 5) is 10.9. The standard InChI is InChI=1S/C14H15N3O2/c1-2-9-17-14(13(11-18)15-16-17)8-10-19-12-6-4-3-5-7-12/h2-7,11H,1,8-10H2. The summed E-state index contributed by atoms with van der Waals surface area (Å²) in [6, 6.07) is 9.53. The molecule has 5 nitrogen and oxygen atoms in total. The second-order valence-electron chi connectivity index (χ2n) is 3.92. The fraction of sp³-hybridized carbons (Fsp3) is 0.214. The van der Waals surface area contributed by atoms with Crippen LogP contribution in [0.3, 0.4) is 0 Å². The smallest absolute Gasteiger partial charge is 0.172 e. The van der Waals surface area contributed by atoms with Gasteiger partial charge in [-0.25, -0.2) is 4.68 Å². The van der Waals surface area contributed by atoms with Crippen LogP contribution in [0.2, 0.25) is 0 Å². The summed E-state index contributed by atoms with van der Waals surface area (Å²) in [5, 5.41) is 7.73. The molecule has 0 amide bonds. The number of hydrogen-bond acceptors (Lipinski definition) is 4. The summed E-state index contributed by atoms with van der Waals surface area (Å²) in [7, 11) is 0. The van der Waals surface area contributed by atoms with Crippen LogP contribution in [0.5, 0.6) is 5.75 Å². The number of hydrogen-bond donors (Lipinski definition) is 0. The maximum atomic E-state index is 10.9. The van der Waals surface area contributed by atoms with E-state index in [4.69, 9.17) is 4.74 Å². The lowest BCUT2D eigenvalue weighted by Gasteiger charge is -2.07. The molecule has 1 heterocycles. The molecular formula is C14H15N3O2. The number of aldehydes is 1. The van der Waals surface area contributed by atoms with Crippen LogP contribution >= 0.6 is 0 Å². The third kappa shape index (κ3) is 3.28. The monoisotopic (exact) mass is 257 g/mol. The van der Waals surface area contributed by atoms with E-state index in [-0.39, 0.29) is 0 Å². The van der Waals surface area contributed by atoms with Gasteiger partial charge in [0.05, 0.1) is 18.8 Å². The Kier molecular flexibility index (Phi) is 4.44. The number of ether oxygens (including phenoxy) is 1. The molecule has 5 heteroatoms. The molecule has 1 aromatic heterocycles. The van der Waals surface area contributed by atoms with Crippen LogP contribution in [0.1, 0.15) is 16.2 Å². The first-order valence-corrected chi connectivity index (χ1v) is 6.01. The third-order valence-electron chi connectivity index (χ3n) is 2.63. The summed E-state index contributed by atoms with van der Waals surface area (Å²) in [5.74, 6) is 0.804. The van der Waals surface area contributed by atoms with Crippen molar-refractivity contribution in [1.82, 2.24) is 15.0 Å². The average molecular weight is 257 g/mol. The Bertz CT molecular complexity index is 549. The van der Waals surface area contributed by atoms with Gasteiger partial charge in [0.1, 0.15) is 11.4 Å². The molecule has 19 heavy (non-hydrogen) atoms. The summed E-state index contributed by atoms with van der Waals surface area (Å²) in [6.45, 7) is 4.65. The van der Waals surface area contributed by atoms with Gasteiger partial charge in [0.15, 0.2) is 6.29 Å². The predicted octanol–water partition coefficient (Wildman–Crippen LogP) is 1.90. The highest BCUT2D eigenvalue weighted by molar-refractivity contribution is 5.73. The van der Waals surface area contributed by atoms with E-state index >= 15 is 0 Å². The van der Waals surface area contributed by atoms with E-state index in [9.17, 15) is 4.79 Å². The first kappa shape index (κ1) is 13.0. The zero-order chi connectivity index (χ0) is 13.5. The largest absolute Gasteiger partial charge is 0.493 e. The Labute approximate surface area is 111 Å². The molecule has 0 atom stereocenters. The minimum absolute atomic E-state index is 0.360.